The van der Waals surface area contributed by atoms with Crippen LogP contribution in [0.15, 0.2) is 59.6 Å². The Morgan fingerprint density at radius 3 is 2.17 bits per heavy atom. The van der Waals surface area contributed by atoms with Crippen molar-refractivity contribution in [2.24, 2.45) is 0 Å². The summed E-state index contributed by atoms with van der Waals surface area (Å²) >= 11 is 0. The molecule has 2 heterocycles. The van der Waals surface area contributed by atoms with E-state index in [2.05, 4.69) is 9.55 Å². The molecular formula is C18H18N2O2S. The Kier molecular flexibility index (Phi) is 3.82. The number of aromatic nitrogens is 2. The van der Waals surface area contributed by atoms with Crippen LogP contribution in [-0.4, -0.2) is 24.2 Å². The van der Waals surface area contributed by atoms with Gasteiger partial charge in [-0.15, -0.1) is 0 Å². The smallest absolute Gasteiger partial charge is 0.175 e. The summed E-state index contributed by atoms with van der Waals surface area (Å²) in [6, 6.07) is 15.0. The van der Waals surface area contributed by atoms with E-state index in [9.17, 15) is 8.42 Å². The van der Waals surface area contributed by atoms with Gasteiger partial charge in [-0.3, -0.25) is 4.57 Å². The fraction of sp³-hybridized carbons (Fsp3) is 0.167. The number of rotatable bonds is 3. The van der Waals surface area contributed by atoms with Gasteiger partial charge in [0, 0.05) is 18.1 Å². The molecule has 2 aromatic heterocycles. The summed E-state index contributed by atoms with van der Waals surface area (Å²) in [5.74, 6) is 0.847. The predicted octanol–water partition coefficient (Wildman–Crippen LogP) is 3.56. The lowest BCUT2D eigenvalue weighted by Gasteiger charge is -2.11. The van der Waals surface area contributed by atoms with E-state index in [4.69, 9.17) is 0 Å². The minimum absolute atomic E-state index is 0.324. The summed E-state index contributed by atoms with van der Waals surface area (Å²) in [4.78, 5) is 4.82. The van der Waals surface area contributed by atoms with Gasteiger partial charge in [0.05, 0.1) is 10.6 Å². The number of hydrogen-bond donors (Lipinski definition) is 0. The molecule has 0 fully saturated rings. The van der Waals surface area contributed by atoms with Crippen LogP contribution in [-0.2, 0) is 9.84 Å². The fourth-order valence-electron chi connectivity index (χ4n) is 2.53. The Morgan fingerprint density at radius 2 is 1.61 bits per heavy atom. The van der Waals surface area contributed by atoms with E-state index in [1.165, 1.54) is 6.26 Å². The minimum atomic E-state index is -3.18. The first kappa shape index (κ1) is 15.5. The Hall–Kier alpha value is -2.40. The zero-order valence-corrected chi connectivity index (χ0v) is 14.1. The van der Waals surface area contributed by atoms with Gasteiger partial charge in [0.15, 0.2) is 9.84 Å². The van der Waals surface area contributed by atoms with Crippen molar-refractivity contribution < 1.29 is 8.42 Å². The minimum Gasteiger partial charge on any atom is -0.299 e. The van der Waals surface area contributed by atoms with E-state index in [1.807, 2.05) is 56.4 Å². The fourth-order valence-corrected chi connectivity index (χ4v) is 3.16. The lowest BCUT2D eigenvalue weighted by Crippen LogP contribution is -2.02. The summed E-state index contributed by atoms with van der Waals surface area (Å²) in [7, 11) is -3.18. The molecule has 0 aliphatic rings. The molecule has 0 bridgehead atoms. The second-order valence-corrected chi connectivity index (χ2v) is 7.70. The highest BCUT2D eigenvalue weighted by Gasteiger charge is 2.12. The summed E-state index contributed by atoms with van der Waals surface area (Å²) in [5.41, 5.74) is 4.12. The zero-order chi connectivity index (χ0) is 16.6. The van der Waals surface area contributed by atoms with Gasteiger partial charge in [0.1, 0.15) is 5.82 Å². The van der Waals surface area contributed by atoms with E-state index in [0.29, 0.717) is 4.90 Å². The highest BCUT2D eigenvalue weighted by Crippen LogP contribution is 2.26. The van der Waals surface area contributed by atoms with Gasteiger partial charge in [-0.1, -0.05) is 18.2 Å². The van der Waals surface area contributed by atoms with E-state index in [1.54, 1.807) is 12.1 Å². The van der Waals surface area contributed by atoms with Crippen molar-refractivity contribution in [2.45, 2.75) is 18.7 Å². The molecular weight excluding hydrogens is 308 g/mol. The Bertz CT molecular complexity index is 938. The maximum absolute atomic E-state index is 11.6. The van der Waals surface area contributed by atoms with Gasteiger partial charge >= 0.3 is 0 Å². The number of hydrogen-bond acceptors (Lipinski definition) is 3. The molecule has 5 heteroatoms. The molecule has 118 valence electrons. The van der Waals surface area contributed by atoms with Crippen molar-refractivity contribution in [3.8, 4) is 17.1 Å². The van der Waals surface area contributed by atoms with Crippen molar-refractivity contribution in [3.63, 3.8) is 0 Å². The SMILES string of the molecule is Cc1ccc(-n2c(C)ccc2-c2ccc(S(C)(=O)=O)cc2)nc1. The van der Waals surface area contributed by atoms with Crippen molar-refractivity contribution in [1.29, 1.82) is 0 Å². The molecule has 23 heavy (non-hydrogen) atoms. The first-order valence-corrected chi connectivity index (χ1v) is 9.17. The third kappa shape index (κ3) is 3.05. The lowest BCUT2D eigenvalue weighted by atomic mass is 10.1. The van der Waals surface area contributed by atoms with E-state index >= 15 is 0 Å². The first-order chi connectivity index (χ1) is 10.9. The van der Waals surface area contributed by atoms with Gasteiger partial charge < -0.3 is 0 Å². The van der Waals surface area contributed by atoms with Gasteiger partial charge in [-0.25, -0.2) is 13.4 Å². The Balaban J connectivity index is 2.10. The van der Waals surface area contributed by atoms with Crippen LogP contribution in [0.25, 0.3) is 17.1 Å². The molecule has 3 rings (SSSR count). The summed E-state index contributed by atoms with van der Waals surface area (Å²) < 4.78 is 25.2. The van der Waals surface area contributed by atoms with Gasteiger partial charge in [-0.2, -0.15) is 0 Å². The molecule has 0 aliphatic carbocycles. The first-order valence-electron chi connectivity index (χ1n) is 7.28. The van der Waals surface area contributed by atoms with E-state index < -0.39 is 9.84 Å². The average Bonchev–Trinajstić information content (AvgIpc) is 2.89. The van der Waals surface area contributed by atoms with Gasteiger partial charge in [0.2, 0.25) is 0 Å². The summed E-state index contributed by atoms with van der Waals surface area (Å²) in [5, 5.41) is 0. The molecule has 1 aromatic carbocycles. The lowest BCUT2D eigenvalue weighted by molar-refractivity contribution is 0.602. The molecule has 0 unspecified atom stereocenters. The standard InChI is InChI=1S/C18H18N2O2S/c1-13-4-11-18(19-12-13)20-14(2)5-10-17(20)15-6-8-16(9-7-15)23(3,21)22/h4-12H,1-3H3. The summed E-state index contributed by atoms with van der Waals surface area (Å²) in [6.45, 7) is 4.03. The van der Waals surface area contributed by atoms with Crippen LogP contribution in [0.5, 0.6) is 0 Å². The maximum Gasteiger partial charge on any atom is 0.175 e. The van der Waals surface area contributed by atoms with Crippen molar-refractivity contribution in [2.75, 3.05) is 6.26 Å². The van der Waals surface area contributed by atoms with E-state index in [0.717, 1.165) is 28.3 Å². The average molecular weight is 326 g/mol. The van der Waals surface area contributed by atoms with Gasteiger partial charge in [0.25, 0.3) is 0 Å². The topological polar surface area (TPSA) is 52.0 Å². The number of benzene rings is 1. The number of aryl methyl sites for hydroxylation is 2. The molecule has 0 saturated carbocycles. The van der Waals surface area contributed by atoms with Crippen LogP contribution >= 0.6 is 0 Å². The normalized spacial score (nSPS) is 11.6. The number of nitrogens with zero attached hydrogens (tertiary/aromatic N) is 2. The van der Waals surface area contributed by atoms with Crippen LogP contribution in [0, 0.1) is 13.8 Å². The molecule has 0 spiro atoms. The van der Waals surface area contributed by atoms with Crippen LogP contribution in [0.3, 0.4) is 0 Å². The Morgan fingerprint density at radius 1 is 0.913 bits per heavy atom. The molecule has 0 aliphatic heterocycles. The summed E-state index contributed by atoms with van der Waals surface area (Å²) in [6.07, 6.45) is 3.05. The van der Waals surface area contributed by atoms with Crippen molar-refractivity contribution in [3.05, 3.63) is 66.0 Å². The van der Waals surface area contributed by atoms with Crippen molar-refractivity contribution >= 4 is 9.84 Å². The zero-order valence-electron chi connectivity index (χ0n) is 13.3. The van der Waals surface area contributed by atoms with E-state index in [-0.39, 0.29) is 0 Å². The quantitative estimate of drug-likeness (QED) is 0.739. The molecule has 3 aromatic rings. The molecule has 4 nitrogen and oxygen atoms in total. The monoisotopic (exact) mass is 326 g/mol. The second-order valence-electron chi connectivity index (χ2n) is 5.69. The molecule has 0 saturated heterocycles. The van der Waals surface area contributed by atoms with Crippen molar-refractivity contribution in [1.82, 2.24) is 9.55 Å². The van der Waals surface area contributed by atoms with Crippen LogP contribution in [0.2, 0.25) is 0 Å². The highest BCUT2D eigenvalue weighted by atomic mass is 32.2. The third-order valence-electron chi connectivity index (χ3n) is 3.78. The molecule has 0 radical (unpaired) electrons. The Labute approximate surface area is 136 Å². The highest BCUT2D eigenvalue weighted by molar-refractivity contribution is 7.90. The largest absolute Gasteiger partial charge is 0.299 e. The van der Waals surface area contributed by atoms with Crippen LogP contribution in [0.1, 0.15) is 11.3 Å². The third-order valence-corrected chi connectivity index (χ3v) is 4.91. The number of sulfone groups is 1. The molecule has 0 amide bonds. The van der Waals surface area contributed by atoms with Gasteiger partial charge in [-0.05, 0) is 55.3 Å². The maximum atomic E-state index is 11.6. The predicted molar refractivity (Wildman–Crippen MR) is 91.6 cm³/mol. The second kappa shape index (κ2) is 5.66. The number of pyridine rings is 1. The molecule has 0 atom stereocenters. The molecule has 0 N–H and O–H groups in total. The van der Waals surface area contributed by atoms with Crippen LogP contribution in [0.4, 0.5) is 0 Å². The van der Waals surface area contributed by atoms with Crippen LogP contribution < -0.4 is 0 Å².